The molecule has 1 heterocycles. The Morgan fingerprint density at radius 3 is 2.58 bits per heavy atom. The monoisotopic (exact) mass is 482 g/mol. The number of nitrogens with one attached hydrogen (secondary N) is 1. The predicted molar refractivity (Wildman–Crippen MR) is 134 cm³/mol. The predicted octanol–water partition coefficient (Wildman–Crippen LogP) is 6.01. The molecule has 0 aromatic heterocycles. The number of aromatic hydroxyl groups is 1. The van der Waals surface area contributed by atoms with Crippen molar-refractivity contribution in [3.05, 3.63) is 98.5 Å². The zero-order valence-corrected chi connectivity index (χ0v) is 20.0. The molecule has 1 aliphatic rings. The van der Waals surface area contributed by atoms with Gasteiger partial charge in [-0.05, 0) is 72.2 Å². The maximum absolute atomic E-state index is 13.0. The van der Waals surface area contributed by atoms with E-state index in [1.54, 1.807) is 18.2 Å². The van der Waals surface area contributed by atoms with Gasteiger partial charge in [-0.25, -0.2) is 0 Å². The molecule has 0 radical (unpaired) electrons. The third-order valence-corrected chi connectivity index (χ3v) is 6.81. The van der Waals surface area contributed by atoms with E-state index in [4.69, 9.17) is 23.2 Å². The molecule has 0 spiro atoms. The minimum Gasteiger partial charge on any atom is -0.508 e. The summed E-state index contributed by atoms with van der Waals surface area (Å²) in [5, 5.41) is 13.6. The number of halogens is 2. The zero-order chi connectivity index (χ0) is 23.2. The molecule has 0 fully saturated rings. The lowest BCUT2D eigenvalue weighted by Gasteiger charge is -2.29. The van der Waals surface area contributed by atoms with Crippen LogP contribution in [0.2, 0.25) is 10.0 Å². The van der Waals surface area contributed by atoms with E-state index >= 15 is 0 Å². The second kappa shape index (κ2) is 11.1. The Balaban J connectivity index is 1.37. The first kappa shape index (κ1) is 23.6. The molecule has 3 aromatic rings. The summed E-state index contributed by atoms with van der Waals surface area (Å²) in [7, 11) is 0. The number of phenolic OH excluding ortho intramolecular Hbond substituents is 1. The summed E-state index contributed by atoms with van der Waals surface area (Å²) < 4.78 is 0. The highest BCUT2D eigenvalue weighted by molar-refractivity contribution is 6.42. The van der Waals surface area contributed by atoms with Gasteiger partial charge in [-0.2, -0.15) is 0 Å². The highest BCUT2D eigenvalue weighted by atomic mass is 35.5. The fraction of sp³-hybridized carbons (Fsp3) is 0.296. The highest BCUT2D eigenvalue weighted by Gasteiger charge is 2.20. The van der Waals surface area contributed by atoms with Crippen LogP contribution in [0.4, 0.5) is 0 Å². The van der Waals surface area contributed by atoms with Crippen molar-refractivity contribution in [1.29, 1.82) is 0 Å². The van der Waals surface area contributed by atoms with E-state index in [0.29, 0.717) is 34.4 Å². The first-order valence-corrected chi connectivity index (χ1v) is 12.1. The fourth-order valence-electron chi connectivity index (χ4n) is 4.30. The molecule has 0 aliphatic carbocycles. The maximum Gasteiger partial charge on any atom is 0.251 e. The number of hydrogen-bond donors (Lipinski definition) is 2. The Morgan fingerprint density at radius 1 is 0.970 bits per heavy atom. The topological polar surface area (TPSA) is 52.6 Å². The summed E-state index contributed by atoms with van der Waals surface area (Å²) in [6.45, 7) is 2.83. The SMILES string of the molecule is O=C(NCCCCc1ccccc1)c1cc(Cl)c(Cl)cc1CN1CCc2cc(O)ccc2C1. The number of phenols is 1. The van der Waals surface area contributed by atoms with Gasteiger partial charge in [0, 0.05) is 31.7 Å². The summed E-state index contributed by atoms with van der Waals surface area (Å²) in [4.78, 5) is 15.3. The third-order valence-electron chi connectivity index (χ3n) is 6.09. The van der Waals surface area contributed by atoms with Gasteiger partial charge >= 0.3 is 0 Å². The van der Waals surface area contributed by atoms with Gasteiger partial charge in [0.25, 0.3) is 5.91 Å². The lowest BCUT2D eigenvalue weighted by atomic mass is 9.98. The lowest BCUT2D eigenvalue weighted by molar-refractivity contribution is 0.0950. The second-order valence-corrected chi connectivity index (χ2v) is 9.35. The van der Waals surface area contributed by atoms with Crippen molar-refractivity contribution >= 4 is 29.1 Å². The molecule has 0 saturated heterocycles. The van der Waals surface area contributed by atoms with E-state index in [9.17, 15) is 9.90 Å². The second-order valence-electron chi connectivity index (χ2n) is 8.54. The number of unbranched alkanes of at least 4 members (excludes halogenated alkanes) is 1. The summed E-state index contributed by atoms with van der Waals surface area (Å²) >= 11 is 12.6. The number of hydrogen-bond acceptors (Lipinski definition) is 3. The van der Waals surface area contributed by atoms with Crippen LogP contribution in [0.15, 0.2) is 60.7 Å². The number of aryl methyl sites for hydroxylation is 1. The molecular weight excluding hydrogens is 455 g/mol. The Kier molecular flexibility index (Phi) is 7.92. The smallest absolute Gasteiger partial charge is 0.251 e. The Morgan fingerprint density at radius 2 is 1.76 bits per heavy atom. The number of rotatable bonds is 8. The van der Waals surface area contributed by atoms with Crippen molar-refractivity contribution in [2.45, 2.75) is 38.8 Å². The first-order chi connectivity index (χ1) is 16.0. The third kappa shape index (κ3) is 6.29. The largest absolute Gasteiger partial charge is 0.508 e. The quantitative estimate of drug-likeness (QED) is 0.386. The van der Waals surface area contributed by atoms with E-state index < -0.39 is 0 Å². The number of nitrogens with zero attached hydrogens (tertiary/aromatic N) is 1. The van der Waals surface area contributed by atoms with E-state index in [1.165, 1.54) is 16.7 Å². The number of benzene rings is 3. The van der Waals surface area contributed by atoms with Crippen molar-refractivity contribution in [3.8, 4) is 5.75 Å². The Bertz CT molecular complexity index is 1120. The molecule has 2 N–H and O–H groups in total. The van der Waals surface area contributed by atoms with Crippen molar-refractivity contribution in [3.63, 3.8) is 0 Å². The van der Waals surface area contributed by atoms with Gasteiger partial charge in [-0.3, -0.25) is 9.69 Å². The minimum absolute atomic E-state index is 0.120. The van der Waals surface area contributed by atoms with Crippen molar-refractivity contribution < 1.29 is 9.90 Å². The molecule has 0 saturated carbocycles. The van der Waals surface area contributed by atoms with Crippen LogP contribution in [0.3, 0.4) is 0 Å². The van der Waals surface area contributed by atoms with E-state index in [0.717, 1.165) is 44.3 Å². The number of carbonyl (C=O) groups excluding carboxylic acids is 1. The summed E-state index contributed by atoms with van der Waals surface area (Å²) in [6, 6.07) is 19.4. The molecule has 4 nitrogen and oxygen atoms in total. The van der Waals surface area contributed by atoms with Gasteiger partial charge in [0.2, 0.25) is 0 Å². The Labute approximate surface area is 205 Å². The molecule has 3 aromatic carbocycles. The van der Waals surface area contributed by atoms with Crippen LogP contribution in [0.5, 0.6) is 5.75 Å². The van der Waals surface area contributed by atoms with E-state index in [2.05, 4.69) is 22.3 Å². The van der Waals surface area contributed by atoms with Crippen LogP contribution in [-0.2, 0) is 25.9 Å². The van der Waals surface area contributed by atoms with Crippen LogP contribution in [0.25, 0.3) is 0 Å². The van der Waals surface area contributed by atoms with Crippen LogP contribution in [-0.4, -0.2) is 29.0 Å². The summed E-state index contributed by atoms with van der Waals surface area (Å²) in [6.07, 6.45) is 3.78. The average molecular weight is 483 g/mol. The number of carbonyl (C=O) groups is 1. The van der Waals surface area contributed by atoms with Crippen molar-refractivity contribution in [2.24, 2.45) is 0 Å². The molecule has 0 atom stereocenters. The molecule has 0 unspecified atom stereocenters. The van der Waals surface area contributed by atoms with Crippen LogP contribution < -0.4 is 5.32 Å². The summed E-state index contributed by atoms with van der Waals surface area (Å²) in [5.74, 6) is 0.181. The molecule has 0 bridgehead atoms. The minimum atomic E-state index is -0.120. The van der Waals surface area contributed by atoms with E-state index in [-0.39, 0.29) is 5.91 Å². The zero-order valence-electron chi connectivity index (χ0n) is 18.5. The molecule has 4 rings (SSSR count). The summed E-state index contributed by atoms with van der Waals surface area (Å²) in [5.41, 5.74) is 5.13. The number of amides is 1. The lowest BCUT2D eigenvalue weighted by Crippen LogP contribution is -2.32. The molecule has 1 aliphatic heterocycles. The average Bonchev–Trinajstić information content (AvgIpc) is 2.81. The first-order valence-electron chi connectivity index (χ1n) is 11.3. The molecule has 172 valence electrons. The van der Waals surface area contributed by atoms with Gasteiger partial charge in [0.15, 0.2) is 0 Å². The molecular formula is C27H28Cl2N2O2. The van der Waals surface area contributed by atoms with Gasteiger partial charge in [-0.15, -0.1) is 0 Å². The van der Waals surface area contributed by atoms with Crippen LogP contribution >= 0.6 is 23.2 Å². The van der Waals surface area contributed by atoms with Gasteiger partial charge in [-0.1, -0.05) is 59.6 Å². The molecule has 1 amide bonds. The highest BCUT2D eigenvalue weighted by Crippen LogP contribution is 2.29. The maximum atomic E-state index is 13.0. The normalized spacial score (nSPS) is 13.5. The van der Waals surface area contributed by atoms with Gasteiger partial charge in [0.1, 0.15) is 5.75 Å². The standard InChI is InChI=1S/C27H28Cl2N2O2/c28-25-15-22(18-31-13-11-20-14-23(32)10-9-21(20)17-31)24(16-26(25)29)27(33)30-12-5-4-8-19-6-2-1-3-7-19/h1-3,6-7,9-10,14-16,32H,4-5,8,11-13,17-18H2,(H,30,33). The van der Waals surface area contributed by atoms with Crippen molar-refractivity contribution in [2.75, 3.05) is 13.1 Å². The van der Waals surface area contributed by atoms with Gasteiger partial charge < -0.3 is 10.4 Å². The van der Waals surface area contributed by atoms with Crippen molar-refractivity contribution in [1.82, 2.24) is 10.2 Å². The van der Waals surface area contributed by atoms with Crippen LogP contribution in [0.1, 0.15) is 45.5 Å². The molecule has 6 heteroatoms. The fourth-order valence-corrected chi connectivity index (χ4v) is 4.65. The molecule has 33 heavy (non-hydrogen) atoms. The Hall–Kier alpha value is -2.53. The van der Waals surface area contributed by atoms with E-state index in [1.807, 2.05) is 30.3 Å². The number of fused-ring (bicyclic) bond motifs is 1. The van der Waals surface area contributed by atoms with Gasteiger partial charge in [0.05, 0.1) is 10.0 Å². The van der Waals surface area contributed by atoms with Crippen LogP contribution in [0, 0.1) is 0 Å².